The molecule has 0 saturated carbocycles. The van der Waals surface area contributed by atoms with Crippen LogP contribution in [0.2, 0.25) is 0 Å². The van der Waals surface area contributed by atoms with E-state index < -0.39 is 22.3 Å². The molecule has 6 radical (unpaired) electrons. The van der Waals surface area contributed by atoms with Crippen molar-refractivity contribution in [1.82, 2.24) is 0 Å². The van der Waals surface area contributed by atoms with Gasteiger partial charge in [0, 0.05) is 23.9 Å². The Kier molecular flexibility index (Phi) is 20.0. The van der Waals surface area contributed by atoms with Gasteiger partial charge in [-0.2, -0.15) is 0 Å². The fraction of sp³-hybridized carbons (Fsp3) is 0. The molecular weight excluding hydrogens is 275 g/mol. The molecule has 0 bridgehead atoms. The fourth-order valence-corrected chi connectivity index (χ4v) is 0. The van der Waals surface area contributed by atoms with E-state index in [2.05, 4.69) is 0 Å². The van der Waals surface area contributed by atoms with Gasteiger partial charge in [0.1, 0.15) is 0 Å². The molecule has 0 heterocycles. The largest absolute Gasteiger partial charge is 0 e. The summed E-state index contributed by atoms with van der Waals surface area (Å²) in [5, 5.41) is 0. The molecule has 0 aromatic rings. The molecule has 0 aliphatic carbocycles. The molecule has 0 N–H and O–H groups in total. The number of rotatable bonds is 0. The zero-order valence-electron chi connectivity index (χ0n) is 1.76. The molecule has 0 atom stereocenters. The Morgan fingerprint density at radius 3 is 1.25 bits per heavy atom. The second kappa shape index (κ2) is 8.82. The number of halogens is 2. The monoisotopic (exact) mass is 278 g/mol. The summed E-state index contributed by atoms with van der Waals surface area (Å²) in [6.45, 7) is 0. The van der Waals surface area contributed by atoms with Gasteiger partial charge in [0.15, 0.2) is 0 Å². The first-order valence-electron chi connectivity index (χ1n) is 0.378. The molecule has 0 rings (SSSR count). The van der Waals surface area contributed by atoms with Crippen molar-refractivity contribution in [3.8, 4) is 0 Å². The Labute approximate surface area is 51.7 Å². The van der Waals surface area contributed by atoms with Gasteiger partial charge in [-0.05, 0) is 0 Å². The first-order chi connectivity index (χ1) is 1.41. The Hall–Kier alpha value is 1.46. The maximum Gasteiger partial charge on any atom is 0 e. The molecule has 0 saturated heterocycles. The predicted octanol–water partition coefficient (Wildman–Crippen LogP) is 0.0788. The molecule has 0 fully saturated rings. The van der Waals surface area contributed by atoms with Crippen LogP contribution in [0.4, 0.5) is 5.73 Å². The third-order valence-electron chi connectivity index (χ3n) is 0. The van der Waals surface area contributed by atoms with Crippen LogP contribution in [0.5, 0.6) is 0 Å². The summed E-state index contributed by atoms with van der Waals surface area (Å²) in [6, 6.07) is 0. The Morgan fingerprint density at radius 2 is 1.25 bits per heavy atom. The summed E-state index contributed by atoms with van der Waals surface area (Å²) in [7, 11) is 0. The van der Waals surface area contributed by atoms with E-state index in [1.54, 1.807) is 0 Å². The average molecular weight is 275 g/mol. The molecule has 0 spiro atoms. The van der Waals surface area contributed by atoms with Crippen molar-refractivity contribution in [2.45, 2.75) is 0 Å². The van der Waals surface area contributed by atoms with Gasteiger partial charge in [0.2, 0.25) is 0 Å². The Bertz CT molecular complexity index is 4.00. The van der Waals surface area contributed by atoms with Crippen LogP contribution in [0, 0.1) is 0 Å². The molecule has 0 aliphatic heterocycles. The standard InChI is InChI=1S/2FH.2Sn/h2*1H;;/q;;;+2/p-2. The van der Waals surface area contributed by atoms with Crippen molar-refractivity contribution in [3.05, 3.63) is 0 Å². The molecule has 0 aliphatic rings. The van der Waals surface area contributed by atoms with Crippen LogP contribution in [0.1, 0.15) is 0 Å². The summed E-state index contributed by atoms with van der Waals surface area (Å²) in [5.74, 6) is 0. The van der Waals surface area contributed by atoms with E-state index in [1.807, 2.05) is 0 Å². The zero-order valence-corrected chi connectivity index (χ0v) is 7.46. The minimum absolute atomic E-state index is 0. The van der Waals surface area contributed by atoms with E-state index in [4.69, 9.17) is 0 Å². The van der Waals surface area contributed by atoms with Crippen LogP contribution in [0.25, 0.3) is 0 Å². The van der Waals surface area contributed by atoms with E-state index in [1.165, 1.54) is 0 Å². The van der Waals surface area contributed by atoms with Gasteiger partial charge in [-0.25, -0.2) is 0 Å². The fourth-order valence-electron chi connectivity index (χ4n) is 0. The van der Waals surface area contributed by atoms with Gasteiger partial charge in [-0.1, -0.05) is 0 Å². The maximum atomic E-state index is 9.80. The van der Waals surface area contributed by atoms with Crippen molar-refractivity contribution in [2.24, 2.45) is 0 Å². The minimum atomic E-state index is -2.77. The van der Waals surface area contributed by atoms with E-state index >= 15 is 0 Å². The van der Waals surface area contributed by atoms with Gasteiger partial charge in [0.25, 0.3) is 0 Å². The quantitative estimate of drug-likeness (QED) is 0.549. The van der Waals surface area contributed by atoms with E-state index in [9.17, 15) is 5.73 Å². The molecule has 0 aromatic heterocycles. The molecule has 0 nitrogen and oxygen atoms in total. The molecule has 4 heteroatoms. The van der Waals surface area contributed by atoms with Crippen molar-refractivity contribution >= 4 is 46.2 Å². The van der Waals surface area contributed by atoms with E-state index in [0.29, 0.717) is 0 Å². The zero-order chi connectivity index (χ0) is 2.71. The third-order valence-corrected chi connectivity index (χ3v) is 0. The van der Waals surface area contributed by atoms with Crippen molar-refractivity contribution in [3.63, 3.8) is 0 Å². The van der Waals surface area contributed by atoms with Gasteiger partial charge in [-0.3, -0.25) is 0 Å². The second-order valence-electron chi connectivity index (χ2n) is 0.0714. The average Bonchev–Trinajstić information content (AvgIpc) is 0.918. The molecule has 0 aromatic carbocycles. The van der Waals surface area contributed by atoms with Crippen LogP contribution in [0.3, 0.4) is 0 Å². The number of hydrogen-bond acceptors (Lipinski definition) is 0. The van der Waals surface area contributed by atoms with Crippen molar-refractivity contribution in [2.75, 3.05) is 0 Å². The van der Waals surface area contributed by atoms with Gasteiger partial charge in [-0.15, -0.1) is 0 Å². The predicted molar refractivity (Wildman–Crippen MR) is 13.7 cm³/mol. The van der Waals surface area contributed by atoms with E-state index in [0.717, 1.165) is 0 Å². The van der Waals surface area contributed by atoms with Crippen LogP contribution in [-0.2, 0) is 0 Å². The summed E-state index contributed by atoms with van der Waals surface area (Å²) in [5.41, 5.74) is 0. The third kappa shape index (κ3) is 9.83. The Morgan fingerprint density at radius 1 is 1.25 bits per heavy atom. The normalized spacial score (nSPS) is 4.50. The number of hydrogen-bond donors (Lipinski definition) is 0. The van der Waals surface area contributed by atoms with Crippen molar-refractivity contribution in [1.29, 1.82) is 0 Å². The van der Waals surface area contributed by atoms with Gasteiger partial charge < -0.3 is 0 Å². The van der Waals surface area contributed by atoms with Crippen molar-refractivity contribution < 1.29 is 5.73 Å². The van der Waals surface area contributed by atoms with Gasteiger partial charge >= 0.3 is 28.0 Å². The topological polar surface area (TPSA) is 0 Å². The van der Waals surface area contributed by atoms with Gasteiger partial charge in [0.05, 0.1) is 0 Å². The van der Waals surface area contributed by atoms with Crippen LogP contribution in [0.15, 0.2) is 0 Å². The summed E-state index contributed by atoms with van der Waals surface area (Å²) < 4.78 is 19.6. The summed E-state index contributed by atoms with van der Waals surface area (Å²) >= 11 is -2.77. The molecule has 0 amide bonds. The van der Waals surface area contributed by atoms with Crippen LogP contribution in [-0.4, -0.2) is 46.2 Å². The molecule has 22 valence electrons. The molecular formula is F2Sn2. The van der Waals surface area contributed by atoms with E-state index in [-0.39, 0.29) is 23.9 Å². The molecule has 0 unspecified atom stereocenters. The van der Waals surface area contributed by atoms with Crippen LogP contribution < -0.4 is 0 Å². The minimum Gasteiger partial charge on any atom is 0 e. The smallest absolute Gasteiger partial charge is 0 e. The van der Waals surface area contributed by atoms with Crippen LogP contribution >= 0.6 is 0 Å². The second-order valence-corrected chi connectivity index (χ2v) is 0.479. The molecule has 4 heavy (non-hydrogen) atoms. The summed E-state index contributed by atoms with van der Waals surface area (Å²) in [4.78, 5) is 0. The SMILES string of the molecule is [F][Sn][F].[Sn]. The first-order valence-corrected chi connectivity index (χ1v) is 2.54. The summed E-state index contributed by atoms with van der Waals surface area (Å²) in [6.07, 6.45) is 0. The Balaban J connectivity index is 0. The maximum absolute atomic E-state index is 9.80. The first kappa shape index (κ1) is 9.07.